The molecule has 0 saturated carbocycles. The molecule has 1 atom stereocenters. The molecule has 1 rings (SSSR count). The van der Waals surface area contributed by atoms with Crippen LogP contribution in [0.25, 0.3) is 0 Å². The third-order valence-corrected chi connectivity index (χ3v) is 15.1. The average molecular weight is 323 g/mol. The highest BCUT2D eigenvalue weighted by atomic mass is 28.5. The Morgan fingerprint density at radius 1 is 0.882 bits per heavy atom. The molecule has 0 aliphatic carbocycles. The summed E-state index contributed by atoms with van der Waals surface area (Å²) in [5, 5.41) is 0. The minimum Gasteiger partial charge on any atom is -0.416 e. The van der Waals surface area contributed by atoms with Crippen molar-refractivity contribution in [1.29, 1.82) is 0 Å². The molecule has 17 heavy (non-hydrogen) atoms. The van der Waals surface area contributed by atoms with Crippen molar-refractivity contribution in [3.8, 4) is 0 Å². The van der Waals surface area contributed by atoms with Crippen molar-refractivity contribution >= 4 is 45.7 Å². The van der Waals surface area contributed by atoms with Gasteiger partial charge in [-0.2, -0.15) is 0 Å². The lowest BCUT2D eigenvalue weighted by Gasteiger charge is -2.38. The van der Waals surface area contributed by atoms with Gasteiger partial charge in [0.15, 0.2) is 0 Å². The summed E-state index contributed by atoms with van der Waals surface area (Å²) in [4.78, 5) is 0. The standard InChI is InChI=1S/C7H18O5Si5/c1-7-17(6)10-14-8-13-9-15(2,3)11-16(4,5)12-17/h7H,1H2,2-6H3. The Bertz CT molecular complexity index is 286. The first-order valence-electron chi connectivity index (χ1n) is 5.24. The third-order valence-electron chi connectivity index (χ3n) is 1.93. The molecule has 0 amide bonds. The first-order chi connectivity index (χ1) is 7.68. The molecule has 4 radical (unpaired) electrons. The van der Waals surface area contributed by atoms with Gasteiger partial charge in [-0.25, -0.2) is 0 Å². The van der Waals surface area contributed by atoms with E-state index in [0.29, 0.717) is 0 Å². The zero-order chi connectivity index (χ0) is 13.2. The maximum atomic E-state index is 6.09. The lowest BCUT2D eigenvalue weighted by atomic mass is 11.3. The summed E-state index contributed by atoms with van der Waals surface area (Å²) in [6.45, 7) is 13.8. The van der Waals surface area contributed by atoms with Crippen LogP contribution in [0.4, 0.5) is 0 Å². The van der Waals surface area contributed by atoms with Crippen LogP contribution in [0.15, 0.2) is 12.3 Å². The van der Waals surface area contributed by atoms with Crippen LogP contribution in [0.2, 0.25) is 32.7 Å². The topological polar surface area (TPSA) is 46.2 Å². The Balaban J connectivity index is 2.84. The first-order valence-corrected chi connectivity index (χ1v) is 14.9. The molecule has 10 heteroatoms. The molecule has 1 heterocycles. The molecule has 1 fully saturated rings. The van der Waals surface area contributed by atoms with Gasteiger partial charge in [-0.05, 0) is 32.7 Å². The van der Waals surface area contributed by atoms with Gasteiger partial charge >= 0.3 is 45.7 Å². The lowest BCUT2D eigenvalue weighted by Crippen LogP contribution is -2.56. The Labute approximate surface area is 111 Å². The Morgan fingerprint density at radius 2 is 1.47 bits per heavy atom. The molecule has 0 bridgehead atoms. The molecule has 5 nitrogen and oxygen atoms in total. The van der Waals surface area contributed by atoms with Crippen LogP contribution in [-0.2, 0) is 20.6 Å². The molecule has 1 aliphatic heterocycles. The van der Waals surface area contributed by atoms with Crippen LogP contribution < -0.4 is 0 Å². The maximum Gasteiger partial charge on any atom is 0.413 e. The molecule has 0 aromatic heterocycles. The normalized spacial score (nSPS) is 33.9. The lowest BCUT2D eigenvalue weighted by molar-refractivity contribution is 0.276. The summed E-state index contributed by atoms with van der Waals surface area (Å²) in [6.07, 6.45) is 0. The zero-order valence-corrected chi connectivity index (χ0v) is 15.8. The van der Waals surface area contributed by atoms with Crippen molar-refractivity contribution in [2.24, 2.45) is 0 Å². The molecule has 0 spiro atoms. The molecule has 0 N–H and O–H groups in total. The van der Waals surface area contributed by atoms with Crippen LogP contribution in [0.3, 0.4) is 0 Å². The molecule has 1 aliphatic rings. The van der Waals surface area contributed by atoms with Crippen molar-refractivity contribution in [3.63, 3.8) is 0 Å². The minimum absolute atomic E-state index is 0.0337. The predicted octanol–water partition coefficient (Wildman–Crippen LogP) is 1.35. The van der Waals surface area contributed by atoms with E-state index in [4.69, 9.17) is 20.6 Å². The van der Waals surface area contributed by atoms with Crippen LogP contribution in [0.5, 0.6) is 0 Å². The van der Waals surface area contributed by atoms with Gasteiger partial charge in [0.05, 0.1) is 0 Å². The van der Waals surface area contributed by atoms with E-state index in [0.717, 1.165) is 0 Å². The molecular weight excluding hydrogens is 305 g/mol. The SMILES string of the molecule is C=C[Si]1(C)O[Si]O[Si]O[Si](C)(C)O[Si](C)(C)O1. The van der Waals surface area contributed by atoms with Crippen molar-refractivity contribution in [1.82, 2.24) is 0 Å². The Kier molecular flexibility index (Phi) is 5.28. The van der Waals surface area contributed by atoms with Crippen molar-refractivity contribution in [2.45, 2.75) is 32.7 Å². The fourth-order valence-electron chi connectivity index (χ4n) is 1.47. The van der Waals surface area contributed by atoms with Gasteiger partial charge in [0, 0.05) is 0 Å². The van der Waals surface area contributed by atoms with Gasteiger partial charge in [0.2, 0.25) is 0 Å². The van der Waals surface area contributed by atoms with Crippen molar-refractivity contribution in [3.05, 3.63) is 12.3 Å². The van der Waals surface area contributed by atoms with Gasteiger partial charge in [-0.1, -0.05) is 5.70 Å². The highest BCUT2D eigenvalue weighted by molar-refractivity contribution is 6.88. The van der Waals surface area contributed by atoms with Crippen molar-refractivity contribution < 1.29 is 20.6 Å². The van der Waals surface area contributed by atoms with Crippen LogP contribution in [-0.4, -0.2) is 45.7 Å². The highest BCUT2D eigenvalue weighted by Crippen LogP contribution is 2.22. The van der Waals surface area contributed by atoms with Crippen LogP contribution >= 0.6 is 0 Å². The Morgan fingerprint density at radius 3 is 2.06 bits per heavy atom. The highest BCUT2D eigenvalue weighted by Gasteiger charge is 2.43. The minimum atomic E-state index is -2.39. The molecule has 96 valence electrons. The van der Waals surface area contributed by atoms with E-state index in [9.17, 15) is 0 Å². The largest absolute Gasteiger partial charge is 0.416 e. The fraction of sp³-hybridized carbons (Fsp3) is 0.714. The zero-order valence-electron chi connectivity index (χ0n) is 10.8. The smallest absolute Gasteiger partial charge is 0.413 e. The average Bonchev–Trinajstić information content (AvgIpc) is 2.13. The maximum absolute atomic E-state index is 6.09. The monoisotopic (exact) mass is 322 g/mol. The molecule has 0 aromatic carbocycles. The summed E-state index contributed by atoms with van der Waals surface area (Å²) in [5.74, 6) is 0. The summed E-state index contributed by atoms with van der Waals surface area (Å²) in [6, 6.07) is 0. The quantitative estimate of drug-likeness (QED) is 0.682. The number of rotatable bonds is 1. The van der Waals surface area contributed by atoms with E-state index in [-0.39, 0.29) is 20.0 Å². The van der Waals surface area contributed by atoms with E-state index in [2.05, 4.69) is 6.58 Å². The Hall–Kier alpha value is 0.624. The van der Waals surface area contributed by atoms with E-state index in [1.165, 1.54) is 0 Å². The summed E-state index contributed by atoms with van der Waals surface area (Å²) in [5.41, 5.74) is 1.77. The summed E-state index contributed by atoms with van der Waals surface area (Å²) in [7, 11) is -6.93. The van der Waals surface area contributed by atoms with E-state index in [1.807, 2.05) is 32.7 Å². The van der Waals surface area contributed by atoms with E-state index in [1.54, 1.807) is 5.70 Å². The molecule has 0 aromatic rings. The van der Waals surface area contributed by atoms with Gasteiger partial charge in [-0.3, -0.25) is 0 Å². The van der Waals surface area contributed by atoms with Gasteiger partial charge in [0.1, 0.15) is 0 Å². The third kappa shape index (κ3) is 5.41. The molecule has 1 saturated heterocycles. The fourth-order valence-corrected chi connectivity index (χ4v) is 15.1. The van der Waals surface area contributed by atoms with Gasteiger partial charge < -0.3 is 20.6 Å². The van der Waals surface area contributed by atoms with E-state index >= 15 is 0 Å². The predicted molar refractivity (Wildman–Crippen MR) is 73.7 cm³/mol. The number of hydrogen-bond donors (Lipinski definition) is 0. The van der Waals surface area contributed by atoms with Crippen LogP contribution in [0.1, 0.15) is 0 Å². The van der Waals surface area contributed by atoms with Crippen molar-refractivity contribution in [2.75, 3.05) is 0 Å². The molecule has 1 unspecified atom stereocenters. The summed E-state index contributed by atoms with van der Waals surface area (Å²) >= 11 is 0. The second kappa shape index (κ2) is 5.73. The second-order valence-electron chi connectivity index (χ2n) is 4.70. The van der Waals surface area contributed by atoms with Crippen LogP contribution in [0, 0.1) is 0 Å². The summed E-state index contributed by atoms with van der Waals surface area (Å²) < 4.78 is 28.8. The van der Waals surface area contributed by atoms with E-state index < -0.39 is 25.7 Å². The molecular formula is C7H18O5Si5. The van der Waals surface area contributed by atoms with Gasteiger partial charge in [0.25, 0.3) is 0 Å². The van der Waals surface area contributed by atoms with Gasteiger partial charge in [-0.15, -0.1) is 6.58 Å². The number of hydrogen-bond acceptors (Lipinski definition) is 5. The first kappa shape index (κ1) is 15.7. The second-order valence-corrected chi connectivity index (χ2v) is 17.2.